The molecule has 0 aliphatic rings. The molecule has 5 nitrogen and oxygen atoms in total. The van der Waals surface area contributed by atoms with Gasteiger partial charge in [0.15, 0.2) is 0 Å². The lowest BCUT2D eigenvalue weighted by Gasteiger charge is -2.35. The van der Waals surface area contributed by atoms with E-state index in [0.29, 0.717) is 0 Å². The summed E-state index contributed by atoms with van der Waals surface area (Å²) in [4.78, 5) is 0. The van der Waals surface area contributed by atoms with E-state index in [1.807, 2.05) is 13.8 Å². The average Bonchev–Trinajstić information content (AvgIpc) is 1.84. The molecule has 0 aromatic rings. The van der Waals surface area contributed by atoms with E-state index in [4.69, 9.17) is 19.8 Å². The van der Waals surface area contributed by atoms with Gasteiger partial charge in [-0.3, -0.25) is 0 Å². The van der Waals surface area contributed by atoms with Crippen LogP contribution in [0.5, 0.6) is 0 Å². The van der Waals surface area contributed by atoms with Crippen LogP contribution in [0.25, 0.3) is 0 Å². The number of ether oxygens (including phenoxy) is 1. The van der Waals surface area contributed by atoms with Gasteiger partial charge in [0, 0.05) is 7.11 Å². The van der Waals surface area contributed by atoms with Crippen LogP contribution in [-0.4, -0.2) is 45.8 Å². The highest BCUT2D eigenvalue weighted by Crippen LogP contribution is 2.23. The van der Waals surface area contributed by atoms with Gasteiger partial charge in [-0.1, -0.05) is 0 Å². The maximum atomic E-state index is 9.42. The van der Waals surface area contributed by atoms with Gasteiger partial charge >= 0.3 is 7.32 Å². The van der Waals surface area contributed by atoms with Crippen molar-refractivity contribution < 1.29 is 24.9 Å². The Morgan fingerprint density at radius 3 is 1.21 bits per heavy atom. The Morgan fingerprint density at radius 2 is 1.21 bits per heavy atom. The summed E-state index contributed by atoms with van der Waals surface area (Å²) in [5.74, 6) is 0. The molecule has 0 bridgehead atoms. The Balaban J connectivity index is -0.000000209. The summed E-state index contributed by atoms with van der Waals surface area (Å²) in [7, 11) is -0.571. The Hall–Kier alpha value is 0.155. The number of hydrogen-bond acceptors (Lipinski definition) is 5. The first-order valence-corrected chi connectivity index (χ1v) is 3.86. The van der Waals surface area contributed by atoms with Crippen LogP contribution in [0.15, 0.2) is 0 Å². The topological polar surface area (TPSA) is 90.2 Å². The van der Waals surface area contributed by atoms with Gasteiger partial charge in [0.2, 0.25) is 0 Å². The first-order valence-electron chi connectivity index (χ1n) is 3.86. The number of methoxy groups -OCH3 is 1. The Morgan fingerprint density at radius 1 is 1.00 bits per heavy atom. The number of halogens is 1. The SMILES string of the molecule is COC(C)(C)C(C)(C)O.Cl.OB(O)O. The summed E-state index contributed by atoms with van der Waals surface area (Å²) < 4.78 is 5.05. The van der Waals surface area contributed by atoms with Gasteiger partial charge in [0.05, 0.1) is 11.2 Å². The van der Waals surface area contributed by atoms with E-state index < -0.39 is 18.5 Å². The highest BCUT2D eigenvalue weighted by molar-refractivity contribution is 6.30. The van der Waals surface area contributed by atoms with Crippen molar-refractivity contribution in [2.45, 2.75) is 38.9 Å². The monoisotopic (exact) mass is 230 g/mol. The van der Waals surface area contributed by atoms with Crippen LogP contribution in [-0.2, 0) is 4.74 Å². The smallest absolute Gasteiger partial charge is 0.402 e. The molecule has 7 heteroatoms. The van der Waals surface area contributed by atoms with Gasteiger partial charge in [-0.2, -0.15) is 0 Å². The molecule has 14 heavy (non-hydrogen) atoms. The molecular formula is C7H20BClO5. The predicted octanol–water partition coefficient (Wildman–Crippen LogP) is -0.448. The van der Waals surface area contributed by atoms with Crippen LogP contribution in [0.2, 0.25) is 0 Å². The molecule has 0 aliphatic carbocycles. The van der Waals surface area contributed by atoms with Gasteiger partial charge in [0.25, 0.3) is 0 Å². The van der Waals surface area contributed by atoms with E-state index in [1.165, 1.54) is 0 Å². The van der Waals surface area contributed by atoms with Gasteiger partial charge in [-0.05, 0) is 27.7 Å². The normalized spacial score (nSPS) is 10.9. The third-order valence-corrected chi connectivity index (χ3v) is 1.98. The third-order valence-electron chi connectivity index (χ3n) is 1.98. The van der Waals surface area contributed by atoms with E-state index in [0.717, 1.165) is 0 Å². The fraction of sp³-hybridized carbons (Fsp3) is 1.00. The van der Waals surface area contributed by atoms with E-state index in [-0.39, 0.29) is 12.4 Å². The molecule has 0 radical (unpaired) electrons. The molecule has 0 aromatic heterocycles. The summed E-state index contributed by atoms with van der Waals surface area (Å²) in [6.45, 7) is 7.17. The quantitative estimate of drug-likeness (QED) is 0.483. The third kappa shape index (κ3) is 10.2. The molecular weight excluding hydrogens is 210 g/mol. The maximum Gasteiger partial charge on any atom is 0.631 e. The Kier molecular flexibility index (Phi) is 10.5. The molecule has 0 rings (SSSR count). The standard InChI is InChI=1S/C7H16O2.BH3O3.ClH/c1-6(2,8)7(3,4)9-5;2-1(3)4;/h8H,1-5H3;2-4H;1H. The summed E-state index contributed by atoms with van der Waals surface area (Å²) in [5.41, 5.74) is -1.24. The second-order valence-electron chi connectivity index (χ2n) is 3.62. The predicted molar refractivity (Wildman–Crippen MR) is 57.0 cm³/mol. The zero-order valence-electron chi connectivity index (χ0n) is 9.18. The first-order chi connectivity index (χ1) is 5.54. The van der Waals surface area contributed by atoms with Crippen molar-refractivity contribution in [3.8, 4) is 0 Å². The van der Waals surface area contributed by atoms with Crippen molar-refractivity contribution in [1.82, 2.24) is 0 Å². The first kappa shape index (κ1) is 19.7. The molecule has 0 unspecified atom stereocenters. The average molecular weight is 230 g/mol. The highest BCUT2D eigenvalue weighted by atomic mass is 35.5. The molecule has 4 N–H and O–H groups in total. The maximum absolute atomic E-state index is 9.42. The van der Waals surface area contributed by atoms with Crippen LogP contribution >= 0.6 is 12.4 Å². The molecule has 88 valence electrons. The molecule has 0 spiro atoms. The molecule has 0 aromatic carbocycles. The molecule has 0 atom stereocenters. The van der Waals surface area contributed by atoms with Crippen LogP contribution in [0, 0.1) is 0 Å². The van der Waals surface area contributed by atoms with Gasteiger partial charge in [0.1, 0.15) is 0 Å². The number of aliphatic hydroxyl groups is 1. The van der Waals surface area contributed by atoms with Crippen LogP contribution in [0.1, 0.15) is 27.7 Å². The fourth-order valence-corrected chi connectivity index (χ4v) is 0.250. The number of rotatable bonds is 2. The molecule has 0 saturated heterocycles. The minimum Gasteiger partial charge on any atom is -0.402 e. The molecule has 0 amide bonds. The van der Waals surface area contributed by atoms with E-state index in [9.17, 15) is 5.11 Å². The van der Waals surface area contributed by atoms with E-state index >= 15 is 0 Å². The highest BCUT2D eigenvalue weighted by Gasteiger charge is 2.34. The van der Waals surface area contributed by atoms with Crippen molar-refractivity contribution in [1.29, 1.82) is 0 Å². The molecule has 0 aliphatic heterocycles. The minimum atomic E-state index is -2.17. The molecule has 0 fully saturated rings. The van der Waals surface area contributed by atoms with E-state index in [1.54, 1.807) is 21.0 Å². The summed E-state index contributed by atoms with van der Waals surface area (Å²) in [6, 6.07) is 0. The van der Waals surface area contributed by atoms with Crippen molar-refractivity contribution in [3.63, 3.8) is 0 Å². The van der Waals surface area contributed by atoms with Crippen molar-refractivity contribution in [2.75, 3.05) is 7.11 Å². The van der Waals surface area contributed by atoms with Gasteiger partial charge < -0.3 is 24.9 Å². The van der Waals surface area contributed by atoms with Crippen molar-refractivity contribution in [2.24, 2.45) is 0 Å². The van der Waals surface area contributed by atoms with E-state index in [2.05, 4.69) is 0 Å². The molecule has 0 heterocycles. The largest absolute Gasteiger partial charge is 0.631 e. The summed E-state index contributed by atoms with van der Waals surface area (Å²) in [6.07, 6.45) is 0. The Labute approximate surface area is 91.3 Å². The van der Waals surface area contributed by atoms with Crippen LogP contribution in [0.4, 0.5) is 0 Å². The second-order valence-corrected chi connectivity index (χ2v) is 3.62. The summed E-state index contributed by atoms with van der Waals surface area (Å²) in [5, 5.41) is 30.9. The fourth-order valence-electron chi connectivity index (χ4n) is 0.250. The lowest BCUT2D eigenvalue weighted by molar-refractivity contribution is -0.129. The van der Waals surface area contributed by atoms with Gasteiger partial charge in [-0.15, -0.1) is 12.4 Å². The Bertz CT molecular complexity index is 132. The zero-order valence-corrected chi connectivity index (χ0v) is 10.00. The minimum absolute atomic E-state index is 0. The second kappa shape index (κ2) is 7.45. The molecule has 0 saturated carbocycles. The van der Waals surface area contributed by atoms with Crippen molar-refractivity contribution >= 4 is 19.7 Å². The lowest BCUT2D eigenvalue weighted by atomic mass is 9.90. The lowest BCUT2D eigenvalue weighted by Crippen LogP contribution is -2.46. The van der Waals surface area contributed by atoms with Crippen molar-refractivity contribution in [3.05, 3.63) is 0 Å². The zero-order chi connectivity index (χ0) is 11.3. The summed E-state index contributed by atoms with van der Waals surface area (Å²) >= 11 is 0. The number of hydrogen-bond donors (Lipinski definition) is 4. The van der Waals surface area contributed by atoms with Crippen LogP contribution in [0.3, 0.4) is 0 Å². The van der Waals surface area contributed by atoms with Gasteiger partial charge in [-0.25, -0.2) is 0 Å². The van der Waals surface area contributed by atoms with Crippen LogP contribution < -0.4 is 0 Å².